The smallest absolute Gasteiger partial charge is 0.293 e. The molecule has 0 bridgehead atoms. The van der Waals surface area contributed by atoms with Gasteiger partial charge in [0.25, 0.3) is 5.91 Å². The van der Waals surface area contributed by atoms with Gasteiger partial charge in [-0.1, -0.05) is 56.3 Å². The van der Waals surface area contributed by atoms with Crippen LogP contribution in [0.2, 0.25) is 0 Å². The molecule has 10 heteroatoms. The van der Waals surface area contributed by atoms with E-state index in [4.69, 9.17) is 5.73 Å². The molecule has 0 atom stereocenters. The number of nitrogens with one attached hydrogen (secondary N) is 1. The molecule has 27 heavy (non-hydrogen) atoms. The molecule has 0 aliphatic heterocycles. The lowest BCUT2D eigenvalue weighted by molar-refractivity contribution is 0.0948. The Labute approximate surface area is 155 Å². The fourth-order valence-electron chi connectivity index (χ4n) is 2.61. The number of nitrogen functional groups attached to an aromatic ring is 1. The zero-order chi connectivity index (χ0) is 19.4. The van der Waals surface area contributed by atoms with Crippen molar-refractivity contribution in [2.75, 3.05) is 5.73 Å². The number of hydrogen-bond acceptors (Lipinski definition) is 8. The Morgan fingerprint density at radius 3 is 2.63 bits per heavy atom. The minimum Gasteiger partial charge on any atom is -0.378 e. The number of benzene rings is 1. The highest BCUT2D eigenvalue weighted by Gasteiger charge is 2.25. The number of aromatic nitrogens is 5. The molecule has 3 N–H and O–H groups in total. The topological polar surface area (TPSA) is 137 Å². The summed E-state index contributed by atoms with van der Waals surface area (Å²) in [5.41, 5.74) is 10.7. The highest BCUT2D eigenvalue weighted by molar-refractivity contribution is 6.02. The van der Waals surface area contributed by atoms with Crippen molar-refractivity contribution in [1.29, 1.82) is 0 Å². The number of anilines is 1. The van der Waals surface area contributed by atoms with Gasteiger partial charge in [0.1, 0.15) is 0 Å². The summed E-state index contributed by atoms with van der Waals surface area (Å²) >= 11 is 0. The summed E-state index contributed by atoms with van der Waals surface area (Å²) in [5, 5.41) is 19.5. The van der Waals surface area contributed by atoms with Crippen molar-refractivity contribution < 1.29 is 9.42 Å². The van der Waals surface area contributed by atoms with Crippen LogP contribution < -0.4 is 11.2 Å². The number of carbonyl (C=O) groups excluding carboxylic acids is 1. The maximum atomic E-state index is 12.7. The van der Waals surface area contributed by atoms with Gasteiger partial charge in [-0.2, -0.15) is 9.78 Å². The molecule has 0 fully saturated rings. The summed E-state index contributed by atoms with van der Waals surface area (Å²) in [6.07, 6.45) is 0.662. The highest BCUT2D eigenvalue weighted by atomic mass is 16.6. The predicted molar refractivity (Wildman–Crippen MR) is 98.5 cm³/mol. The first-order valence-electron chi connectivity index (χ1n) is 8.49. The number of amides is 1. The third-order valence-corrected chi connectivity index (χ3v) is 3.90. The van der Waals surface area contributed by atoms with Crippen molar-refractivity contribution in [3.8, 4) is 5.82 Å². The quantitative estimate of drug-likeness (QED) is 0.500. The van der Waals surface area contributed by atoms with Crippen LogP contribution >= 0.6 is 0 Å². The van der Waals surface area contributed by atoms with E-state index in [-0.39, 0.29) is 23.2 Å². The number of nitrogens with two attached hydrogens (primary N) is 1. The summed E-state index contributed by atoms with van der Waals surface area (Å²) in [6, 6.07) is 9.63. The first kappa shape index (κ1) is 18.2. The minimum absolute atomic E-state index is 0.0594. The number of rotatable bonds is 6. The largest absolute Gasteiger partial charge is 0.378 e. The van der Waals surface area contributed by atoms with Crippen molar-refractivity contribution >= 4 is 17.4 Å². The summed E-state index contributed by atoms with van der Waals surface area (Å²) in [5.74, 6) is -0.307. The predicted octanol–water partition coefficient (Wildman–Crippen LogP) is 1.90. The summed E-state index contributed by atoms with van der Waals surface area (Å²) in [4.78, 5) is 12.7. The summed E-state index contributed by atoms with van der Waals surface area (Å²) in [7, 11) is 0. The van der Waals surface area contributed by atoms with Gasteiger partial charge in [0, 0.05) is 0 Å². The van der Waals surface area contributed by atoms with Gasteiger partial charge in [-0.3, -0.25) is 4.79 Å². The molecule has 0 radical (unpaired) electrons. The zero-order valence-electron chi connectivity index (χ0n) is 15.2. The molecule has 2 heterocycles. The molecule has 0 unspecified atom stereocenters. The minimum atomic E-state index is -0.471. The molecule has 0 spiro atoms. The molecule has 2 aromatic heterocycles. The zero-order valence-corrected chi connectivity index (χ0v) is 15.2. The van der Waals surface area contributed by atoms with Gasteiger partial charge in [0.2, 0.25) is 11.6 Å². The average Bonchev–Trinajstić information content (AvgIpc) is 3.28. The molecule has 0 aliphatic carbocycles. The van der Waals surface area contributed by atoms with E-state index in [0.29, 0.717) is 12.1 Å². The molecule has 140 valence electrons. The van der Waals surface area contributed by atoms with Crippen LogP contribution in [0.1, 0.15) is 54.9 Å². The van der Waals surface area contributed by atoms with Gasteiger partial charge >= 0.3 is 0 Å². The third-order valence-electron chi connectivity index (χ3n) is 3.90. The normalized spacial score (nSPS) is 11.8. The van der Waals surface area contributed by atoms with Crippen molar-refractivity contribution in [1.82, 2.24) is 30.7 Å². The fraction of sp³-hybridized carbons (Fsp3) is 0.294. The molecule has 0 aliphatic rings. The lowest BCUT2D eigenvalue weighted by atomic mass is 10.1. The molecular weight excluding hydrogens is 348 g/mol. The van der Waals surface area contributed by atoms with Crippen LogP contribution in [0.3, 0.4) is 0 Å². The first-order chi connectivity index (χ1) is 13.0. The van der Waals surface area contributed by atoms with E-state index >= 15 is 0 Å². The second kappa shape index (κ2) is 7.77. The maximum absolute atomic E-state index is 12.7. The van der Waals surface area contributed by atoms with E-state index in [2.05, 4.69) is 35.8 Å². The maximum Gasteiger partial charge on any atom is 0.293 e. The van der Waals surface area contributed by atoms with Crippen LogP contribution in [0.25, 0.3) is 5.82 Å². The van der Waals surface area contributed by atoms with Crippen LogP contribution in [-0.4, -0.2) is 36.9 Å². The van der Waals surface area contributed by atoms with E-state index in [0.717, 1.165) is 11.3 Å². The Morgan fingerprint density at radius 1 is 1.30 bits per heavy atom. The lowest BCUT2D eigenvalue weighted by Gasteiger charge is -2.09. The Bertz CT molecular complexity index is 958. The fourth-order valence-corrected chi connectivity index (χ4v) is 2.61. The average molecular weight is 368 g/mol. The van der Waals surface area contributed by atoms with E-state index in [1.54, 1.807) is 0 Å². The van der Waals surface area contributed by atoms with E-state index in [1.165, 1.54) is 4.68 Å². The second-order valence-corrected chi connectivity index (χ2v) is 6.08. The third kappa shape index (κ3) is 3.68. The monoisotopic (exact) mass is 368 g/mol. The first-order valence-corrected chi connectivity index (χ1v) is 8.49. The van der Waals surface area contributed by atoms with Crippen molar-refractivity contribution in [2.24, 2.45) is 5.10 Å². The Balaban J connectivity index is 1.90. The molecule has 1 aromatic carbocycles. The lowest BCUT2D eigenvalue weighted by Crippen LogP contribution is -2.22. The highest BCUT2D eigenvalue weighted by Crippen LogP contribution is 2.22. The summed E-state index contributed by atoms with van der Waals surface area (Å²) < 4.78 is 5.96. The van der Waals surface area contributed by atoms with Crippen LogP contribution in [0.5, 0.6) is 0 Å². The molecule has 0 saturated heterocycles. The van der Waals surface area contributed by atoms with Gasteiger partial charge < -0.3 is 5.73 Å². The summed E-state index contributed by atoms with van der Waals surface area (Å²) in [6.45, 7) is 5.77. The van der Waals surface area contributed by atoms with Crippen LogP contribution in [-0.2, 0) is 0 Å². The SMILES string of the molecule is CC/C(=N/NC(=O)c1nnn(-c2nonc2N)c1C(C)C)c1ccccc1. The molecular formula is C17H20N8O2. The number of carbonyl (C=O) groups is 1. The Morgan fingerprint density at radius 2 is 2.04 bits per heavy atom. The van der Waals surface area contributed by atoms with Crippen molar-refractivity contribution in [3.63, 3.8) is 0 Å². The molecule has 10 nitrogen and oxygen atoms in total. The van der Waals surface area contributed by atoms with Gasteiger partial charge in [0.05, 0.1) is 11.4 Å². The van der Waals surface area contributed by atoms with Gasteiger partial charge in [-0.25, -0.2) is 10.1 Å². The van der Waals surface area contributed by atoms with Crippen LogP contribution in [0.15, 0.2) is 40.1 Å². The van der Waals surface area contributed by atoms with Gasteiger partial charge in [0.15, 0.2) is 5.69 Å². The van der Waals surface area contributed by atoms with Crippen molar-refractivity contribution in [2.45, 2.75) is 33.1 Å². The van der Waals surface area contributed by atoms with E-state index in [9.17, 15) is 4.79 Å². The van der Waals surface area contributed by atoms with Gasteiger partial charge in [-0.05, 0) is 28.2 Å². The second-order valence-electron chi connectivity index (χ2n) is 6.08. The number of hydrogen-bond donors (Lipinski definition) is 2. The van der Waals surface area contributed by atoms with Crippen LogP contribution in [0.4, 0.5) is 5.82 Å². The number of hydrazone groups is 1. The Hall–Kier alpha value is -3.56. The molecule has 0 saturated carbocycles. The van der Waals surface area contributed by atoms with Crippen molar-refractivity contribution in [3.05, 3.63) is 47.3 Å². The number of nitrogens with zero attached hydrogens (tertiary/aromatic N) is 6. The van der Waals surface area contributed by atoms with Gasteiger partial charge in [-0.15, -0.1) is 5.10 Å². The molecule has 3 aromatic rings. The standard InChI is InChI=1S/C17H20N8O2/c1-4-12(11-8-6-5-7-9-11)19-21-17(26)13-14(10(2)3)25(24-20-13)16-15(18)22-27-23-16/h5-10H,4H2,1-3H3,(H2,18,22)(H,21,26)/b19-12-. The molecule has 1 amide bonds. The molecule has 3 rings (SSSR count). The van der Waals surface area contributed by atoms with E-state index < -0.39 is 5.91 Å². The Kier molecular flexibility index (Phi) is 5.25. The van der Waals surface area contributed by atoms with E-state index in [1.807, 2.05) is 51.1 Å². The van der Waals surface area contributed by atoms with Crippen LogP contribution in [0, 0.1) is 0 Å².